The van der Waals surface area contributed by atoms with Gasteiger partial charge in [-0.3, -0.25) is 9.36 Å². The van der Waals surface area contributed by atoms with Crippen LogP contribution in [0.5, 0.6) is 0 Å². The van der Waals surface area contributed by atoms with Crippen LogP contribution in [-0.4, -0.2) is 40.0 Å². The van der Waals surface area contributed by atoms with Gasteiger partial charge in [0.2, 0.25) is 0 Å². The number of thioether (sulfide) groups is 1. The third kappa shape index (κ3) is 5.56. The maximum absolute atomic E-state index is 12.8. The molecular formula is C20H29N3O3S. The molecule has 1 aromatic heterocycles. The van der Waals surface area contributed by atoms with E-state index in [1.807, 2.05) is 12.1 Å². The maximum atomic E-state index is 12.8. The lowest BCUT2D eigenvalue weighted by Gasteiger charge is -2.15. The highest BCUT2D eigenvalue weighted by atomic mass is 32.2. The van der Waals surface area contributed by atoms with Crippen molar-refractivity contribution in [1.82, 2.24) is 14.8 Å². The topological polar surface area (TPSA) is 77.0 Å². The van der Waals surface area contributed by atoms with Crippen LogP contribution in [0.1, 0.15) is 67.4 Å². The molecule has 0 bridgehead atoms. The smallest absolute Gasteiger partial charge is 0.343 e. The van der Waals surface area contributed by atoms with E-state index < -0.39 is 0 Å². The van der Waals surface area contributed by atoms with Gasteiger partial charge in [-0.15, -0.1) is 5.10 Å². The van der Waals surface area contributed by atoms with E-state index in [1.54, 1.807) is 11.7 Å². The number of carbonyl (C=O) groups excluding carboxylic acids is 1. The molecule has 7 heteroatoms. The fraction of sp³-hybridized carbons (Fsp3) is 0.550. The first-order valence-electron chi connectivity index (χ1n) is 9.29. The molecule has 0 fully saturated rings. The number of benzene rings is 1. The summed E-state index contributed by atoms with van der Waals surface area (Å²) in [6, 6.07) is 6.11. The molecule has 6 nitrogen and oxygen atoms in total. The van der Waals surface area contributed by atoms with E-state index in [9.17, 15) is 9.59 Å². The second kappa shape index (κ2) is 9.90. The molecular weight excluding hydrogens is 362 g/mol. The number of ether oxygens (including phenoxy) is 1. The molecule has 2 rings (SSSR count). The fourth-order valence-electron chi connectivity index (χ4n) is 2.86. The van der Waals surface area contributed by atoms with Gasteiger partial charge in [0.1, 0.15) is 0 Å². The number of aromatic amines is 1. The van der Waals surface area contributed by atoms with Gasteiger partial charge in [0.25, 0.3) is 0 Å². The minimum atomic E-state index is -0.259. The average Bonchev–Trinajstić information content (AvgIpc) is 2.99. The van der Waals surface area contributed by atoms with E-state index in [2.05, 4.69) is 44.0 Å². The number of rotatable bonds is 10. The maximum Gasteiger partial charge on any atom is 0.343 e. The van der Waals surface area contributed by atoms with Crippen molar-refractivity contribution in [2.45, 2.75) is 57.7 Å². The molecule has 0 unspecified atom stereocenters. The number of aromatic nitrogens is 3. The van der Waals surface area contributed by atoms with Crippen LogP contribution in [0.3, 0.4) is 0 Å². The molecule has 2 aromatic rings. The van der Waals surface area contributed by atoms with E-state index in [0.717, 1.165) is 11.1 Å². The van der Waals surface area contributed by atoms with Crippen molar-refractivity contribution in [3.05, 3.63) is 45.4 Å². The number of nitrogens with one attached hydrogen (secondary N) is 1. The SMILES string of the molecule is COCCCn1c(SCC(=O)c2ccc(C(C)C)cc2C(C)C)n[nH]c1=O. The number of hydrogen-bond acceptors (Lipinski definition) is 5. The lowest BCUT2D eigenvalue weighted by molar-refractivity contribution is 0.102. The van der Waals surface area contributed by atoms with Crippen LogP contribution in [0.2, 0.25) is 0 Å². The molecule has 0 atom stereocenters. The number of carbonyl (C=O) groups is 1. The molecule has 0 radical (unpaired) electrons. The largest absolute Gasteiger partial charge is 0.385 e. The van der Waals surface area contributed by atoms with E-state index in [0.29, 0.717) is 30.6 Å². The molecule has 0 aliphatic rings. The molecule has 0 aliphatic carbocycles. The van der Waals surface area contributed by atoms with Gasteiger partial charge in [0.15, 0.2) is 10.9 Å². The number of ketones is 1. The summed E-state index contributed by atoms with van der Waals surface area (Å²) in [6.07, 6.45) is 0.714. The van der Waals surface area contributed by atoms with Crippen molar-refractivity contribution in [2.75, 3.05) is 19.5 Å². The predicted molar refractivity (Wildman–Crippen MR) is 109 cm³/mol. The fourth-order valence-corrected chi connectivity index (χ4v) is 3.71. The van der Waals surface area contributed by atoms with E-state index >= 15 is 0 Å². The number of hydrogen-bond donors (Lipinski definition) is 1. The third-order valence-corrected chi connectivity index (χ3v) is 5.43. The zero-order chi connectivity index (χ0) is 20.0. The van der Waals surface area contributed by atoms with Gasteiger partial charge in [0, 0.05) is 25.8 Å². The summed E-state index contributed by atoms with van der Waals surface area (Å²) in [6.45, 7) is 9.59. The second-order valence-corrected chi connectivity index (χ2v) is 8.12. The first kappa shape index (κ1) is 21.4. The zero-order valence-electron chi connectivity index (χ0n) is 16.7. The zero-order valence-corrected chi connectivity index (χ0v) is 17.6. The Labute approximate surface area is 164 Å². The van der Waals surface area contributed by atoms with Crippen LogP contribution in [0.25, 0.3) is 0 Å². The summed E-state index contributed by atoms with van der Waals surface area (Å²) in [4.78, 5) is 24.7. The Morgan fingerprint density at radius 3 is 2.63 bits per heavy atom. The van der Waals surface area contributed by atoms with Crippen LogP contribution >= 0.6 is 11.8 Å². The highest BCUT2D eigenvalue weighted by Gasteiger charge is 2.17. The number of nitrogens with zero attached hydrogens (tertiary/aromatic N) is 2. The van der Waals surface area contributed by atoms with Gasteiger partial charge in [0.05, 0.1) is 5.75 Å². The molecule has 1 N–H and O–H groups in total. The Balaban J connectivity index is 2.14. The molecule has 0 amide bonds. The lowest BCUT2D eigenvalue weighted by Crippen LogP contribution is -2.19. The van der Waals surface area contributed by atoms with Gasteiger partial charge in [-0.2, -0.15) is 0 Å². The van der Waals surface area contributed by atoms with Crippen molar-refractivity contribution in [1.29, 1.82) is 0 Å². The number of methoxy groups -OCH3 is 1. The van der Waals surface area contributed by atoms with Gasteiger partial charge in [-0.25, -0.2) is 9.89 Å². The van der Waals surface area contributed by atoms with Crippen molar-refractivity contribution < 1.29 is 9.53 Å². The normalized spacial score (nSPS) is 11.5. The second-order valence-electron chi connectivity index (χ2n) is 7.18. The third-order valence-electron chi connectivity index (χ3n) is 4.45. The highest BCUT2D eigenvalue weighted by molar-refractivity contribution is 7.99. The quantitative estimate of drug-likeness (QED) is 0.378. The molecule has 0 spiro atoms. The Kier molecular flexibility index (Phi) is 7.86. The molecule has 0 saturated carbocycles. The molecule has 1 heterocycles. The average molecular weight is 392 g/mol. The van der Waals surface area contributed by atoms with Crippen LogP contribution < -0.4 is 5.69 Å². The van der Waals surface area contributed by atoms with Crippen LogP contribution in [-0.2, 0) is 11.3 Å². The summed E-state index contributed by atoms with van der Waals surface area (Å²) >= 11 is 1.29. The first-order chi connectivity index (χ1) is 12.8. The predicted octanol–water partition coefficient (Wildman–Crippen LogP) is 3.83. The van der Waals surface area contributed by atoms with Crippen LogP contribution in [0.4, 0.5) is 0 Å². The van der Waals surface area contributed by atoms with Crippen molar-refractivity contribution in [3.63, 3.8) is 0 Å². The number of H-pyrrole nitrogens is 1. The Morgan fingerprint density at radius 2 is 2.00 bits per heavy atom. The van der Waals surface area contributed by atoms with Gasteiger partial charge in [-0.05, 0) is 29.4 Å². The monoisotopic (exact) mass is 391 g/mol. The van der Waals surface area contributed by atoms with Crippen molar-refractivity contribution in [3.8, 4) is 0 Å². The minimum Gasteiger partial charge on any atom is -0.385 e. The summed E-state index contributed by atoms with van der Waals surface area (Å²) in [5.41, 5.74) is 2.81. The van der Waals surface area contributed by atoms with E-state index in [-0.39, 0.29) is 23.1 Å². The molecule has 0 saturated heterocycles. The van der Waals surface area contributed by atoms with Gasteiger partial charge < -0.3 is 4.74 Å². The van der Waals surface area contributed by atoms with Crippen molar-refractivity contribution >= 4 is 17.5 Å². The van der Waals surface area contributed by atoms with Crippen LogP contribution in [0, 0.1) is 0 Å². The standard InChI is InChI=1S/C20H29N3O3S/c1-13(2)15-7-8-16(17(11-15)14(3)4)18(24)12-27-20-22-21-19(25)23(20)9-6-10-26-5/h7-8,11,13-14H,6,9-10,12H2,1-5H3,(H,21,25). The lowest BCUT2D eigenvalue weighted by atomic mass is 9.90. The number of Topliss-reactive ketones (excluding diaryl/α,β-unsaturated/α-hetero) is 1. The first-order valence-corrected chi connectivity index (χ1v) is 10.3. The Morgan fingerprint density at radius 1 is 1.26 bits per heavy atom. The van der Waals surface area contributed by atoms with Gasteiger partial charge in [-0.1, -0.05) is 57.7 Å². The van der Waals surface area contributed by atoms with Gasteiger partial charge >= 0.3 is 5.69 Å². The Hall–Kier alpha value is -1.86. The highest BCUT2D eigenvalue weighted by Crippen LogP contribution is 2.26. The molecule has 148 valence electrons. The van der Waals surface area contributed by atoms with E-state index in [1.165, 1.54) is 17.3 Å². The van der Waals surface area contributed by atoms with Crippen LogP contribution in [0.15, 0.2) is 28.2 Å². The molecule has 27 heavy (non-hydrogen) atoms. The summed E-state index contributed by atoms with van der Waals surface area (Å²) in [7, 11) is 1.63. The summed E-state index contributed by atoms with van der Waals surface area (Å²) < 4.78 is 6.59. The van der Waals surface area contributed by atoms with E-state index in [4.69, 9.17) is 4.74 Å². The molecule has 0 aliphatic heterocycles. The minimum absolute atomic E-state index is 0.0536. The Bertz CT molecular complexity index is 824. The summed E-state index contributed by atoms with van der Waals surface area (Å²) in [5, 5.41) is 7.05. The van der Waals surface area contributed by atoms with Crippen molar-refractivity contribution in [2.24, 2.45) is 0 Å². The summed E-state index contributed by atoms with van der Waals surface area (Å²) in [5.74, 6) is 0.991. The molecule has 1 aromatic carbocycles.